The molecule has 21 heavy (non-hydrogen) atoms. The van der Waals surface area contributed by atoms with Crippen molar-refractivity contribution in [2.75, 3.05) is 25.0 Å². The Morgan fingerprint density at radius 3 is 2.48 bits per heavy atom. The van der Waals surface area contributed by atoms with Gasteiger partial charge in [0, 0.05) is 31.3 Å². The molecule has 0 aliphatic heterocycles. The van der Waals surface area contributed by atoms with Crippen molar-refractivity contribution in [3.63, 3.8) is 0 Å². The highest BCUT2D eigenvalue weighted by atomic mass is 16.2. The minimum Gasteiger partial charge on any atom is -0.355 e. The summed E-state index contributed by atoms with van der Waals surface area (Å²) in [6, 6.07) is 6.66. The van der Waals surface area contributed by atoms with Gasteiger partial charge in [0.25, 0.3) is 5.91 Å². The van der Waals surface area contributed by atoms with Gasteiger partial charge in [-0.3, -0.25) is 14.4 Å². The topological polar surface area (TPSA) is 78.5 Å². The Hall–Kier alpha value is -2.37. The molecule has 0 aliphatic rings. The van der Waals surface area contributed by atoms with Crippen molar-refractivity contribution in [3.05, 3.63) is 29.8 Å². The molecule has 0 bridgehead atoms. The molecule has 0 saturated heterocycles. The molecule has 3 amide bonds. The molecule has 6 heteroatoms. The number of anilines is 1. The van der Waals surface area contributed by atoms with E-state index < -0.39 is 0 Å². The lowest BCUT2D eigenvalue weighted by Crippen LogP contribution is -2.40. The van der Waals surface area contributed by atoms with Crippen LogP contribution in [0.15, 0.2) is 24.3 Å². The average molecular weight is 291 g/mol. The largest absolute Gasteiger partial charge is 0.355 e. The number of hydrogen-bond acceptors (Lipinski definition) is 3. The second-order valence-electron chi connectivity index (χ2n) is 4.53. The SMILES string of the molecule is CCNC(=O)CN(CC)C(=O)c1cccc(NC(C)=O)c1. The molecular formula is C15H21N3O3. The second kappa shape index (κ2) is 8.04. The van der Waals surface area contributed by atoms with Crippen LogP contribution in [0.4, 0.5) is 5.69 Å². The minimum atomic E-state index is -0.240. The molecule has 0 spiro atoms. The van der Waals surface area contributed by atoms with Crippen LogP contribution in [0.25, 0.3) is 0 Å². The number of nitrogens with zero attached hydrogens (tertiary/aromatic N) is 1. The predicted octanol–water partition coefficient (Wildman–Crippen LogP) is 1.24. The second-order valence-corrected chi connectivity index (χ2v) is 4.53. The summed E-state index contributed by atoms with van der Waals surface area (Å²) < 4.78 is 0. The molecule has 0 radical (unpaired) electrons. The Balaban J connectivity index is 2.84. The van der Waals surface area contributed by atoms with Crippen molar-refractivity contribution >= 4 is 23.4 Å². The van der Waals surface area contributed by atoms with Gasteiger partial charge < -0.3 is 15.5 Å². The molecule has 1 rings (SSSR count). The summed E-state index contributed by atoms with van der Waals surface area (Å²) in [6.07, 6.45) is 0. The quantitative estimate of drug-likeness (QED) is 0.827. The molecular weight excluding hydrogens is 270 g/mol. The van der Waals surface area contributed by atoms with Crippen LogP contribution in [0.5, 0.6) is 0 Å². The van der Waals surface area contributed by atoms with Gasteiger partial charge in [-0.15, -0.1) is 0 Å². The Labute approximate surface area is 124 Å². The van der Waals surface area contributed by atoms with Gasteiger partial charge >= 0.3 is 0 Å². The molecule has 6 nitrogen and oxygen atoms in total. The zero-order valence-electron chi connectivity index (χ0n) is 12.6. The first-order valence-electron chi connectivity index (χ1n) is 6.91. The third kappa shape index (κ3) is 5.25. The normalized spacial score (nSPS) is 9.86. The van der Waals surface area contributed by atoms with Crippen molar-refractivity contribution in [2.45, 2.75) is 20.8 Å². The van der Waals surface area contributed by atoms with Crippen molar-refractivity contribution in [3.8, 4) is 0 Å². The summed E-state index contributed by atoms with van der Waals surface area (Å²) in [5, 5.41) is 5.29. The number of rotatable bonds is 6. The van der Waals surface area contributed by atoms with Gasteiger partial charge in [-0.1, -0.05) is 6.07 Å². The lowest BCUT2D eigenvalue weighted by molar-refractivity contribution is -0.121. The number of carbonyl (C=O) groups excluding carboxylic acids is 3. The minimum absolute atomic E-state index is 0.0214. The fourth-order valence-corrected chi connectivity index (χ4v) is 1.87. The maximum absolute atomic E-state index is 12.4. The van der Waals surface area contributed by atoms with E-state index in [9.17, 15) is 14.4 Å². The number of amides is 3. The zero-order valence-corrected chi connectivity index (χ0v) is 12.6. The maximum Gasteiger partial charge on any atom is 0.254 e. The summed E-state index contributed by atoms with van der Waals surface area (Å²) in [4.78, 5) is 36.5. The number of likely N-dealkylation sites (N-methyl/N-ethyl adjacent to an activating group) is 2. The first kappa shape index (κ1) is 16.7. The maximum atomic E-state index is 12.4. The number of nitrogens with one attached hydrogen (secondary N) is 2. The molecule has 1 aromatic carbocycles. The fraction of sp³-hybridized carbons (Fsp3) is 0.400. The molecule has 2 N–H and O–H groups in total. The first-order chi connectivity index (χ1) is 9.97. The zero-order chi connectivity index (χ0) is 15.8. The van der Waals surface area contributed by atoms with E-state index in [-0.39, 0.29) is 24.3 Å². The summed E-state index contributed by atoms with van der Waals surface area (Å²) in [6.45, 7) is 6.03. The molecule has 0 saturated carbocycles. The summed E-state index contributed by atoms with van der Waals surface area (Å²) in [5.74, 6) is -0.629. The molecule has 0 aromatic heterocycles. The van der Waals surface area contributed by atoms with E-state index in [0.717, 1.165) is 0 Å². The standard InChI is InChI=1S/C15H21N3O3/c1-4-16-14(20)10-18(5-2)15(21)12-7-6-8-13(9-12)17-11(3)19/h6-9H,4-5,10H2,1-3H3,(H,16,20)(H,17,19). The van der Waals surface area contributed by atoms with Gasteiger partial charge in [-0.2, -0.15) is 0 Å². The van der Waals surface area contributed by atoms with E-state index in [1.54, 1.807) is 24.3 Å². The van der Waals surface area contributed by atoms with Crippen LogP contribution < -0.4 is 10.6 Å². The van der Waals surface area contributed by atoms with E-state index in [1.807, 2.05) is 13.8 Å². The van der Waals surface area contributed by atoms with Crippen molar-refractivity contribution in [1.29, 1.82) is 0 Å². The Morgan fingerprint density at radius 2 is 1.90 bits per heavy atom. The Morgan fingerprint density at radius 1 is 1.19 bits per heavy atom. The van der Waals surface area contributed by atoms with Gasteiger partial charge in [0.05, 0.1) is 6.54 Å². The highest BCUT2D eigenvalue weighted by Crippen LogP contribution is 2.12. The number of carbonyl (C=O) groups is 3. The molecule has 0 fully saturated rings. The van der Waals surface area contributed by atoms with Gasteiger partial charge in [0.1, 0.15) is 0 Å². The van der Waals surface area contributed by atoms with E-state index in [0.29, 0.717) is 24.3 Å². The van der Waals surface area contributed by atoms with E-state index in [4.69, 9.17) is 0 Å². The fourth-order valence-electron chi connectivity index (χ4n) is 1.87. The van der Waals surface area contributed by atoms with Gasteiger partial charge in [-0.25, -0.2) is 0 Å². The van der Waals surface area contributed by atoms with Crippen LogP contribution in [0.1, 0.15) is 31.1 Å². The predicted molar refractivity (Wildman–Crippen MR) is 81.0 cm³/mol. The highest BCUT2D eigenvalue weighted by Gasteiger charge is 2.17. The average Bonchev–Trinajstić information content (AvgIpc) is 2.44. The van der Waals surface area contributed by atoms with E-state index in [1.165, 1.54) is 11.8 Å². The molecule has 114 valence electrons. The van der Waals surface area contributed by atoms with Crippen LogP contribution in [-0.2, 0) is 9.59 Å². The third-order valence-corrected chi connectivity index (χ3v) is 2.81. The molecule has 0 atom stereocenters. The van der Waals surface area contributed by atoms with E-state index in [2.05, 4.69) is 10.6 Å². The van der Waals surface area contributed by atoms with Crippen LogP contribution >= 0.6 is 0 Å². The Kier molecular flexibility index (Phi) is 6.39. The summed E-state index contributed by atoms with van der Waals surface area (Å²) in [5.41, 5.74) is 0.995. The van der Waals surface area contributed by atoms with Crippen molar-refractivity contribution in [1.82, 2.24) is 10.2 Å². The van der Waals surface area contributed by atoms with Crippen LogP contribution in [0.2, 0.25) is 0 Å². The highest BCUT2D eigenvalue weighted by molar-refractivity contribution is 5.98. The number of hydrogen-bond donors (Lipinski definition) is 2. The van der Waals surface area contributed by atoms with Gasteiger partial charge in [0.15, 0.2) is 0 Å². The number of benzene rings is 1. The van der Waals surface area contributed by atoms with E-state index >= 15 is 0 Å². The van der Waals surface area contributed by atoms with Crippen LogP contribution in [-0.4, -0.2) is 42.3 Å². The van der Waals surface area contributed by atoms with Gasteiger partial charge in [-0.05, 0) is 32.0 Å². The Bertz CT molecular complexity index is 529. The van der Waals surface area contributed by atoms with Crippen molar-refractivity contribution in [2.24, 2.45) is 0 Å². The molecule has 0 unspecified atom stereocenters. The lowest BCUT2D eigenvalue weighted by atomic mass is 10.1. The monoisotopic (exact) mass is 291 g/mol. The lowest BCUT2D eigenvalue weighted by Gasteiger charge is -2.20. The molecule has 0 heterocycles. The third-order valence-electron chi connectivity index (χ3n) is 2.81. The first-order valence-corrected chi connectivity index (χ1v) is 6.91. The van der Waals surface area contributed by atoms with Crippen LogP contribution in [0.3, 0.4) is 0 Å². The smallest absolute Gasteiger partial charge is 0.254 e. The van der Waals surface area contributed by atoms with Crippen LogP contribution in [0, 0.1) is 0 Å². The molecule has 0 aliphatic carbocycles. The van der Waals surface area contributed by atoms with Gasteiger partial charge in [0.2, 0.25) is 11.8 Å². The summed E-state index contributed by atoms with van der Waals surface area (Å²) in [7, 11) is 0. The molecule has 1 aromatic rings. The summed E-state index contributed by atoms with van der Waals surface area (Å²) >= 11 is 0. The van der Waals surface area contributed by atoms with Crippen molar-refractivity contribution < 1.29 is 14.4 Å².